The molecule has 7 heteroatoms. The zero-order valence-electron chi connectivity index (χ0n) is 18.5. The molecule has 0 saturated heterocycles. The van der Waals surface area contributed by atoms with Crippen LogP contribution in [-0.4, -0.2) is 36.5 Å². The van der Waals surface area contributed by atoms with Gasteiger partial charge in [-0.25, -0.2) is 4.68 Å². The molecular formula is C24H29N3O4. The molecule has 3 aromatic rings. The van der Waals surface area contributed by atoms with Crippen LogP contribution in [0.4, 0.5) is 0 Å². The number of nitrogens with one attached hydrogen (secondary N) is 1. The Bertz CT molecular complexity index is 995. The fourth-order valence-electron chi connectivity index (χ4n) is 3.30. The molecule has 0 fully saturated rings. The second-order valence-corrected chi connectivity index (χ2v) is 6.92. The second kappa shape index (κ2) is 10.5. The molecule has 1 aromatic heterocycles. The van der Waals surface area contributed by atoms with Crippen molar-refractivity contribution < 1.29 is 19.0 Å². The summed E-state index contributed by atoms with van der Waals surface area (Å²) in [6, 6.07) is 15.0. The zero-order valence-corrected chi connectivity index (χ0v) is 18.5. The van der Waals surface area contributed by atoms with Gasteiger partial charge < -0.3 is 19.5 Å². The van der Waals surface area contributed by atoms with Crippen LogP contribution < -0.4 is 19.5 Å². The number of carbonyl (C=O) groups excluding carboxylic acids is 1. The maximum Gasteiger partial charge on any atom is 0.226 e. The molecule has 3 rings (SSSR count). The van der Waals surface area contributed by atoms with E-state index in [2.05, 4.69) is 5.32 Å². The Morgan fingerprint density at radius 3 is 2.06 bits per heavy atom. The number of carbonyl (C=O) groups is 1. The quantitative estimate of drug-likeness (QED) is 0.526. The van der Waals surface area contributed by atoms with Crippen LogP contribution in [-0.2, 0) is 17.6 Å². The van der Waals surface area contributed by atoms with E-state index in [9.17, 15) is 4.79 Å². The Labute approximate surface area is 182 Å². The van der Waals surface area contributed by atoms with Crippen LogP contribution in [0.2, 0.25) is 0 Å². The monoisotopic (exact) mass is 423 g/mol. The number of aromatic nitrogens is 2. The molecule has 1 N–H and O–H groups in total. The number of hydrogen-bond donors (Lipinski definition) is 1. The van der Waals surface area contributed by atoms with Gasteiger partial charge in [0, 0.05) is 18.5 Å². The molecule has 7 nitrogen and oxygen atoms in total. The van der Waals surface area contributed by atoms with E-state index in [4.69, 9.17) is 19.3 Å². The van der Waals surface area contributed by atoms with Crippen molar-refractivity contribution in [3.05, 3.63) is 59.8 Å². The summed E-state index contributed by atoms with van der Waals surface area (Å²) in [6.07, 6.45) is 1.64. The molecule has 0 atom stereocenters. The van der Waals surface area contributed by atoms with Crippen molar-refractivity contribution >= 4 is 5.91 Å². The Hall–Kier alpha value is -3.48. The number of nitrogens with zero attached hydrogens (tertiary/aromatic N) is 2. The molecule has 1 heterocycles. The molecule has 0 aliphatic heterocycles. The Morgan fingerprint density at radius 2 is 1.52 bits per heavy atom. The number of aryl methyl sites for hydroxylation is 1. The molecule has 0 unspecified atom stereocenters. The molecule has 0 spiro atoms. The molecule has 0 aliphatic rings. The summed E-state index contributed by atoms with van der Waals surface area (Å²) < 4.78 is 18.6. The van der Waals surface area contributed by atoms with E-state index in [-0.39, 0.29) is 5.91 Å². The van der Waals surface area contributed by atoms with Gasteiger partial charge in [0.2, 0.25) is 11.8 Å². The summed E-state index contributed by atoms with van der Waals surface area (Å²) in [5, 5.41) is 7.65. The average Bonchev–Trinajstić information content (AvgIpc) is 3.15. The third-order valence-electron chi connectivity index (χ3n) is 4.92. The van der Waals surface area contributed by atoms with Crippen LogP contribution in [0.25, 0.3) is 5.69 Å². The number of benzene rings is 2. The number of methoxy groups -OCH3 is 2. The van der Waals surface area contributed by atoms with Gasteiger partial charge in [-0.05, 0) is 68.3 Å². The lowest BCUT2D eigenvalue weighted by atomic mass is 10.1. The maximum atomic E-state index is 12.1. The van der Waals surface area contributed by atoms with E-state index in [1.807, 2.05) is 62.4 Å². The fourth-order valence-corrected chi connectivity index (χ4v) is 3.30. The predicted molar refractivity (Wildman–Crippen MR) is 120 cm³/mol. The van der Waals surface area contributed by atoms with Crippen LogP contribution in [0, 0.1) is 0 Å². The first-order valence-electron chi connectivity index (χ1n) is 10.4. The van der Waals surface area contributed by atoms with E-state index in [1.165, 1.54) is 0 Å². The first kappa shape index (κ1) is 22.2. The van der Waals surface area contributed by atoms with Gasteiger partial charge in [0.05, 0.1) is 25.6 Å². The van der Waals surface area contributed by atoms with E-state index >= 15 is 0 Å². The van der Waals surface area contributed by atoms with E-state index in [0.29, 0.717) is 31.0 Å². The highest BCUT2D eigenvalue weighted by Crippen LogP contribution is 2.33. The first-order chi connectivity index (χ1) is 15.1. The Kier molecular flexibility index (Phi) is 7.54. The van der Waals surface area contributed by atoms with Crippen molar-refractivity contribution in [2.24, 2.45) is 0 Å². The maximum absolute atomic E-state index is 12.1. The van der Waals surface area contributed by atoms with Crippen LogP contribution in [0.1, 0.15) is 31.5 Å². The van der Waals surface area contributed by atoms with Crippen LogP contribution >= 0.6 is 0 Å². The van der Waals surface area contributed by atoms with Gasteiger partial charge in [0.15, 0.2) is 0 Å². The minimum absolute atomic E-state index is 0.0112. The van der Waals surface area contributed by atoms with Crippen molar-refractivity contribution in [1.29, 1.82) is 0 Å². The lowest BCUT2D eigenvalue weighted by molar-refractivity contribution is -0.120. The number of ether oxygens (including phenoxy) is 3. The van der Waals surface area contributed by atoms with Gasteiger partial charge in [0.25, 0.3) is 0 Å². The second-order valence-electron chi connectivity index (χ2n) is 6.92. The number of rotatable bonds is 10. The van der Waals surface area contributed by atoms with Gasteiger partial charge in [-0.3, -0.25) is 4.79 Å². The first-order valence-corrected chi connectivity index (χ1v) is 10.4. The smallest absolute Gasteiger partial charge is 0.226 e. The van der Waals surface area contributed by atoms with Gasteiger partial charge in [-0.2, -0.15) is 5.10 Å². The zero-order chi connectivity index (χ0) is 22.2. The highest BCUT2D eigenvalue weighted by atomic mass is 16.5. The van der Waals surface area contributed by atoms with Crippen molar-refractivity contribution in [3.63, 3.8) is 0 Å². The molecule has 31 heavy (non-hydrogen) atoms. The van der Waals surface area contributed by atoms with Gasteiger partial charge in [0.1, 0.15) is 17.2 Å². The summed E-state index contributed by atoms with van der Waals surface area (Å²) in [5.41, 5.74) is 2.69. The molecule has 0 aliphatic carbocycles. The van der Waals surface area contributed by atoms with Crippen LogP contribution in [0.15, 0.2) is 48.5 Å². The Balaban J connectivity index is 2.02. The highest BCUT2D eigenvalue weighted by molar-refractivity contribution is 5.76. The number of hydrogen-bond acceptors (Lipinski definition) is 5. The SMILES string of the molecule is CCNC(=O)CCc1c(CC)nn(-c2ccc(OC)cc2)c1Oc1ccc(OC)cc1. The minimum atomic E-state index is 0.0112. The minimum Gasteiger partial charge on any atom is -0.497 e. The summed E-state index contributed by atoms with van der Waals surface area (Å²) in [6.45, 7) is 4.57. The van der Waals surface area contributed by atoms with Crippen molar-refractivity contribution in [3.8, 4) is 28.8 Å². The lowest BCUT2D eigenvalue weighted by Gasteiger charge is -2.12. The average molecular weight is 424 g/mol. The molecule has 0 saturated carbocycles. The Morgan fingerprint density at radius 1 is 0.935 bits per heavy atom. The predicted octanol–water partition coefficient (Wildman–Crippen LogP) is 4.31. The largest absolute Gasteiger partial charge is 0.497 e. The fraction of sp³-hybridized carbons (Fsp3) is 0.333. The van der Waals surface area contributed by atoms with Gasteiger partial charge in [-0.1, -0.05) is 6.92 Å². The molecule has 164 valence electrons. The van der Waals surface area contributed by atoms with Crippen molar-refractivity contribution in [2.75, 3.05) is 20.8 Å². The van der Waals surface area contributed by atoms with Crippen LogP contribution in [0.3, 0.4) is 0 Å². The van der Waals surface area contributed by atoms with Gasteiger partial charge >= 0.3 is 0 Å². The summed E-state index contributed by atoms with van der Waals surface area (Å²) in [7, 11) is 3.26. The van der Waals surface area contributed by atoms with E-state index in [0.717, 1.165) is 34.9 Å². The third-order valence-corrected chi connectivity index (χ3v) is 4.92. The molecule has 0 radical (unpaired) electrons. The molecule has 2 aromatic carbocycles. The standard InChI is InChI=1S/C24H29N3O4/c1-5-22-21(15-16-23(28)25-6-2)24(31-20-13-11-19(30-4)12-14-20)27(26-22)17-7-9-18(29-3)10-8-17/h7-14H,5-6,15-16H2,1-4H3,(H,25,28). The van der Waals surface area contributed by atoms with Crippen molar-refractivity contribution in [2.45, 2.75) is 33.1 Å². The van der Waals surface area contributed by atoms with Crippen molar-refractivity contribution in [1.82, 2.24) is 15.1 Å². The topological polar surface area (TPSA) is 74.6 Å². The summed E-state index contributed by atoms with van der Waals surface area (Å²) in [5.74, 6) is 2.80. The molecule has 1 amide bonds. The highest BCUT2D eigenvalue weighted by Gasteiger charge is 2.21. The normalized spacial score (nSPS) is 10.6. The third kappa shape index (κ3) is 5.36. The summed E-state index contributed by atoms with van der Waals surface area (Å²) >= 11 is 0. The number of amides is 1. The molecule has 0 bridgehead atoms. The van der Waals surface area contributed by atoms with Crippen LogP contribution in [0.5, 0.6) is 23.1 Å². The molecular weight excluding hydrogens is 394 g/mol. The van der Waals surface area contributed by atoms with E-state index < -0.39 is 0 Å². The van der Waals surface area contributed by atoms with E-state index in [1.54, 1.807) is 18.9 Å². The summed E-state index contributed by atoms with van der Waals surface area (Å²) in [4.78, 5) is 12.1. The lowest BCUT2D eigenvalue weighted by Crippen LogP contribution is -2.22. The van der Waals surface area contributed by atoms with Gasteiger partial charge in [-0.15, -0.1) is 0 Å².